The molecule has 162 valence electrons. The van der Waals surface area contributed by atoms with E-state index in [9.17, 15) is 17.6 Å². The van der Waals surface area contributed by atoms with Gasteiger partial charge in [-0.3, -0.25) is 14.5 Å². The molecule has 7 nitrogen and oxygen atoms in total. The van der Waals surface area contributed by atoms with Gasteiger partial charge in [0.25, 0.3) is 15.9 Å². The number of rotatable bonds is 6. The summed E-state index contributed by atoms with van der Waals surface area (Å²) in [6.07, 6.45) is 1.55. The number of nitrogens with zero attached hydrogens (tertiary/aromatic N) is 1. The Morgan fingerprint density at radius 3 is 2.50 bits per heavy atom. The van der Waals surface area contributed by atoms with Crippen molar-refractivity contribution in [3.8, 4) is 5.75 Å². The van der Waals surface area contributed by atoms with Gasteiger partial charge in [-0.1, -0.05) is 24.3 Å². The molecule has 3 aromatic carbocycles. The standard InChI is InChI=1S/C23H18FN3O4S/c1-31-21-11-8-17(14-20(21)27-32(29,30)18-9-6-16(24)7-10-18)26-23(28)22-19-5-3-2-4-15(19)12-13-25-22/h2-14,27H,1H3,(H,26,28). The van der Waals surface area contributed by atoms with Gasteiger partial charge in [0, 0.05) is 17.3 Å². The summed E-state index contributed by atoms with van der Waals surface area (Å²) in [5, 5.41) is 4.30. The van der Waals surface area contributed by atoms with E-state index < -0.39 is 21.7 Å². The molecule has 0 radical (unpaired) electrons. The van der Waals surface area contributed by atoms with Crippen LogP contribution in [0.1, 0.15) is 10.5 Å². The van der Waals surface area contributed by atoms with Crippen molar-refractivity contribution in [1.29, 1.82) is 0 Å². The predicted molar refractivity (Wildman–Crippen MR) is 120 cm³/mol. The van der Waals surface area contributed by atoms with Gasteiger partial charge in [0.2, 0.25) is 0 Å². The summed E-state index contributed by atoms with van der Waals surface area (Å²) in [6, 6.07) is 18.1. The largest absolute Gasteiger partial charge is 0.495 e. The molecule has 4 rings (SSSR count). The molecule has 0 fully saturated rings. The Morgan fingerprint density at radius 2 is 1.75 bits per heavy atom. The zero-order valence-electron chi connectivity index (χ0n) is 16.9. The Morgan fingerprint density at radius 1 is 1.00 bits per heavy atom. The van der Waals surface area contributed by atoms with E-state index in [0.29, 0.717) is 11.1 Å². The molecule has 0 saturated carbocycles. The van der Waals surface area contributed by atoms with Gasteiger partial charge in [-0.15, -0.1) is 0 Å². The number of aromatic nitrogens is 1. The van der Waals surface area contributed by atoms with E-state index in [1.165, 1.54) is 19.2 Å². The minimum atomic E-state index is -4.01. The lowest BCUT2D eigenvalue weighted by Crippen LogP contribution is -2.16. The van der Waals surface area contributed by atoms with E-state index in [2.05, 4.69) is 15.0 Å². The van der Waals surface area contributed by atoms with Crippen LogP contribution < -0.4 is 14.8 Å². The Balaban J connectivity index is 1.63. The predicted octanol–water partition coefficient (Wildman–Crippen LogP) is 4.44. The van der Waals surface area contributed by atoms with Crippen LogP contribution >= 0.6 is 0 Å². The first-order chi connectivity index (χ1) is 15.4. The number of carbonyl (C=O) groups is 1. The number of amides is 1. The summed E-state index contributed by atoms with van der Waals surface area (Å²) in [5.74, 6) is -0.746. The molecule has 0 aliphatic rings. The van der Waals surface area contributed by atoms with Crippen molar-refractivity contribution in [2.45, 2.75) is 4.90 Å². The molecule has 2 N–H and O–H groups in total. The van der Waals surface area contributed by atoms with Gasteiger partial charge in [0.05, 0.1) is 17.7 Å². The Labute approximate surface area is 183 Å². The molecule has 0 unspecified atom stereocenters. The molecule has 0 aliphatic heterocycles. The quantitative estimate of drug-likeness (QED) is 0.452. The lowest BCUT2D eigenvalue weighted by Gasteiger charge is -2.14. The number of fused-ring (bicyclic) bond motifs is 1. The van der Waals surface area contributed by atoms with Crippen LogP contribution in [-0.2, 0) is 10.0 Å². The minimum absolute atomic E-state index is 0.112. The Kier molecular flexibility index (Phi) is 5.74. The monoisotopic (exact) mass is 451 g/mol. The van der Waals surface area contributed by atoms with Crippen LogP contribution in [0.3, 0.4) is 0 Å². The van der Waals surface area contributed by atoms with Crippen molar-refractivity contribution < 1.29 is 22.3 Å². The fraction of sp³-hybridized carbons (Fsp3) is 0.0435. The lowest BCUT2D eigenvalue weighted by atomic mass is 10.1. The fourth-order valence-corrected chi connectivity index (χ4v) is 4.24. The SMILES string of the molecule is COc1ccc(NC(=O)c2nccc3ccccc23)cc1NS(=O)(=O)c1ccc(F)cc1. The van der Waals surface area contributed by atoms with Crippen LogP contribution in [0.4, 0.5) is 15.8 Å². The van der Waals surface area contributed by atoms with E-state index in [-0.39, 0.29) is 22.0 Å². The average Bonchev–Trinajstić information content (AvgIpc) is 2.79. The third-order valence-electron chi connectivity index (χ3n) is 4.71. The molecule has 1 amide bonds. The molecule has 0 spiro atoms. The highest BCUT2D eigenvalue weighted by Crippen LogP contribution is 2.30. The summed E-state index contributed by atoms with van der Waals surface area (Å²) in [5.41, 5.74) is 0.690. The number of pyridine rings is 1. The first-order valence-corrected chi connectivity index (χ1v) is 11.0. The van der Waals surface area contributed by atoms with Crippen molar-refractivity contribution in [2.24, 2.45) is 0 Å². The summed E-state index contributed by atoms with van der Waals surface area (Å²) >= 11 is 0. The van der Waals surface area contributed by atoms with Gasteiger partial charge in [-0.05, 0) is 53.9 Å². The second-order valence-corrected chi connectivity index (χ2v) is 8.49. The van der Waals surface area contributed by atoms with E-state index in [0.717, 1.165) is 29.7 Å². The number of halogens is 1. The number of nitrogens with one attached hydrogen (secondary N) is 2. The molecule has 4 aromatic rings. The highest BCUT2D eigenvalue weighted by atomic mass is 32.2. The second-order valence-electron chi connectivity index (χ2n) is 6.81. The number of anilines is 2. The number of sulfonamides is 1. The third-order valence-corrected chi connectivity index (χ3v) is 6.10. The maximum Gasteiger partial charge on any atom is 0.274 e. The molecule has 1 heterocycles. The average molecular weight is 451 g/mol. The van der Waals surface area contributed by atoms with Gasteiger partial charge in [0.1, 0.15) is 17.3 Å². The smallest absolute Gasteiger partial charge is 0.274 e. The van der Waals surface area contributed by atoms with Gasteiger partial charge in [0.15, 0.2) is 0 Å². The summed E-state index contributed by atoms with van der Waals surface area (Å²) in [7, 11) is -2.62. The zero-order valence-corrected chi connectivity index (χ0v) is 17.7. The van der Waals surface area contributed by atoms with Crippen LogP contribution in [0.25, 0.3) is 10.8 Å². The molecule has 1 aromatic heterocycles. The van der Waals surface area contributed by atoms with Crippen LogP contribution in [0, 0.1) is 5.82 Å². The Hall–Kier alpha value is -3.98. The molecule has 9 heteroatoms. The van der Waals surface area contributed by atoms with Gasteiger partial charge < -0.3 is 10.1 Å². The van der Waals surface area contributed by atoms with E-state index in [1.807, 2.05) is 24.3 Å². The second kappa shape index (κ2) is 8.64. The molecule has 0 atom stereocenters. The third kappa shape index (κ3) is 4.37. The number of hydrogen-bond acceptors (Lipinski definition) is 5. The number of benzene rings is 3. The lowest BCUT2D eigenvalue weighted by molar-refractivity contribution is 0.102. The maximum atomic E-state index is 13.2. The van der Waals surface area contributed by atoms with Gasteiger partial charge in [-0.2, -0.15) is 0 Å². The van der Waals surface area contributed by atoms with Crippen molar-refractivity contribution in [1.82, 2.24) is 4.98 Å². The normalized spacial score (nSPS) is 11.2. The van der Waals surface area contributed by atoms with Gasteiger partial charge >= 0.3 is 0 Å². The van der Waals surface area contributed by atoms with E-state index in [1.54, 1.807) is 18.3 Å². The van der Waals surface area contributed by atoms with Crippen LogP contribution in [0.5, 0.6) is 5.75 Å². The Bertz CT molecular complexity index is 1400. The van der Waals surface area contributed by atoms with E-state index >= 15 is 0 Å². The molecule has 0 bridgehead atoms. The van der Waals surface area contributed by atoms with E-state index in [4.69, 9.17) is 4.74 Å². The van der Waals surface area contributed by atoms with Gasteiger partial charge in [-0.25, -0.2) is 12.8 Å². The summed E-state index contributed by atoms with van der Waals surface area (Å²) in [6.45, 7) is 0. The minimum Gasteiger partial charge on any atom is -0.495 e. The number of carbonyl (C=O) groups excluding carboxylic acids is 1. The summed E-state index contributed by atoms with van der Waals surface area (Å²) < 4.78 is 46.2. The highest BCUT2D eigenvalue weighted by molar-refractivity contribution is 7.92. The van der Waals surface area contributed by atoms with Crippen LogP contribution in [0.15, 0.2) is 83.9 Å². The van der Waals surface area contributed by atoms with Crippen LogP contribution in [-0.4, -0.2) is 26.4 Å². The molecule has 32 heavy (non-hydrogen) atoms. The topological polar surface area (TPSA) is 97.4 Å². The number of ether oxygens (including phenoxy) is 1. The van der Waals surface area contributed by atoms with Crippen molar-refractivity contribution in [2.75, 3.05) is 17.1 Å². The first kappa shape index (κ1) is 21.3. The van der Waals surface area contributed by atoms with Crippen LogP contribution in [0.2, 0.25) is 0 Å². The zero-order chi connectivity index (χ0) is 22.7. The number of hydrogen-bond donors (Lipinski definition) is 2. The fourth-order valence-electron chi connectivity index (χ4n) is 3.17. The summed E-state index contributed by atoms with van der Waals surface area (Å²) in [4.78, 5) is 16.9. The van der Waals surface area contributed by atoms with Crippen molar-refractivity contribution in [3.05, 3.63) is 90.5 Å². The maximum absolute atomic E-state index is 13.2. The molecular weight excluding hydrogens is 433 g/mol. The number of methoxy groups -OCH3 is 1. The molecule has 0 aliphatic carbocycles. The van der Waals surface area contributed by atoms with Crippen molar-refractivity contribution >= 4 is 38.1 Å². The van der Waals surface area contributed by atoms with Crippen molar-refractivity contribution in [3.63, 3.8) is 0 Å². The molecule has 0 saturated heterocycles. The molecular formula is C23H18FN3O4S. The first-order valence-electron chi connectivity index (χ1n) is 9.49. The highest BCUT2D eigenvalue weighted by Gasteiger charge is 2.18.